The Hall–Kier alpha value is -2.16. The summed E-state index contributed by atoms with van der Waals surface area (Å²) in [5, 5.41) is 3.43. The number of benzene rings is 2. The molecule has 2 rings (SSSR count). The molecule has 154 valence electrons. The fraction of sp³-hybridized carbons (Fsp3) is 0.520. The molecule has 0 saturated carbocycles. The summed E-state index contributed by atoms with van der Waals surface area (Å²) in [4.78, 5) is 0. The quantitative estimate of drug-likeness (QED) is 0.408. The van der Waals surface area contributed by atoms with Crippen LogP contribution in [0.15, 0.2) is 48.5 Å². The van der Waals surface area contributed by atoms with E-state index in [-0.39, 0.29) is 5.41 Å². The lowest BCUT2D eigenvalue weighted by molar-refractivity contribution is 0.304. The van der Waals surface area contributed by atoms with E-state index in [2.05, 4.69) is 63.3 Å². The first-order valence-electron chi connectivity index (χ1n) is 10.7. The van der Waals surface area contributed by atoms with Gasteiger partial charge >= 0.3 is 0 Å². The first-order valence-corrected chi connectivity index (χ1v) is 10.7. The summed E-state index contributed by atoms with van der Waals surface area (Å²) < 4.78 is 11.9. The fourth-order valence-corrected chi connectivity index (χ4v) is 3.16. The minimum Gasteiger partial charge on any atom is -0.494 e. The second-order valence-corrected chi connectivity index (χ2v) is 8.31. The molecule has 0 bridgehead atoms. The Kier molecular flexibility index (Phi) is 9.19. The lowest BCUT2D eigenvalue weighted by Crippen LogP contribution is -2.16. The molecule has 0 spiro atoms. The Morgan fingerprint density at radius 3 is 2.39 bits per heavy atom. The van der Waals surface area contributed by atoms with Crippen LogP contribution >= 0.6 is 0 Å². The van der Waals surface area contributed by atoms with Gasteiger partial charge in [-0.3, -0.25) is 0 Å². The maximum absolute atomic E-state index is 6.03. The van der Waals surface area contributed by atoms with Gasteiger partial charge in [-0.25, -0.2) is 0 Å². The minimum absolute atomic E-state index is 0.0756. The van der Waals surface area contributed by atoms with Crippen molar-refractivity contribution >= 4 is 5.69 Å². The van der Waals surface area contributed by atoms with Gasteiger partial charge in [0.15, 0.2) is 0 Å². The van der Waals surface area contributed by atoms with Gasteiger partial charge < -0.3 is 14.8 Å². The maximum atomic E-state index is 6.03. The molecule has 0 unspecified atom stereocenters. The van der Waals surface area contributed by atoms with Gasteiger partial charge in [-0.1, -0.05) is 77.6 Å². The monoisotopic (exact) mass is 383 g/mol. The van der Waals surface area contributed by atoms with Crippen molar-refractivity contribution in [3.8, 4) is 11.5 Å². The van der Waals surface area contributed by atoms with Crippen LogP contribution in [-0.4, -0.2) is 19.8 Å². The average molecular weight is 384 g/mol. The zero-order chi connectivity index (χ0) is 20.2. The zero-order valence-corrected chi connectivity index (χ0v) is 18.1. The van der Waals surface area contributed by atoms with Gasteiger partial charge in [0.1, 0.15) is 18.1 Å². The van der Waals surface area contributed by atoms with Gasteiger partial charge in [-0.2, -0.15) is 0 Å². The molecule has 0 fully saturated rings. The number of ether oxygens (including phenoxy) is 2. The highest BCUT2D eigenvalue weighted by Crippen LogP contribution is 2.30. The van der Waals surface area contributed by atoms with Crippen LogP contribution in [0.5, 0.6) is 11.5 Å². The second kappa shape index (κ2) is 11.6. The third-order valence-electron chi connectivity index (χ3n) is 4.73. The van der Waals surface area contributed by atoms with E-state index in [4.69, 9.17) is 9.47 Å². The van der Waals surface area contributed by atoms with Crippen molar-refractivity contribution in [3.63, 3.8) is 0 Å². The van der Waals surface area contributed by atoms with Gasteiger partial charge in [0.05, 0.1) is 6.61 Å². The molecule has 2 aromatic rings. The van der Waals surface area contributed by atoms with Crippen LogP contribution in [0, 0.1) is 0 Å². The number of anilines is 1. The first-order chi connectivity index (χ1) is 13.5. The molecule has 0 aromatic heterocycles. The summed E-state index contributed by atoms with van der Waals surface area (Å²) in [5.74, 6) is 1.90. The van der Waals surface area contributed by atoms with Crippen molar-refractivity contribution in [2.24, 2.45) is 0 Å². The van der Waals surface area contributed by atoms with Gasteiger partial charge in [-0.15, -0.1) is 0 Å². The number of unbranched alkanes of at least 4 members (excludes halogenated alkanes) is 4. The summed E-state index contributed by atoms with van der Waals surface area (Å²) in [7, 11) is 0. The summed E-state index contributed by atoms with van der Waals surface area (Å²) in [5.41, 5.74) is 2.38. The van der Waals surface area contributed by atoms with E-state index in [1.54, 1.807) is 0 Å². The highest BCUT2D eigenvalue weighted by Gasteiger charge is 2.18. The third kappa shape index (κ3) is 7.84. The Bertz CT molecular complexity index is 691. The van der Waals surface area contributed by atoms with Crippen LogP contribution in [0.4, 0.5) is 5.69 Å². The van der Waals surface area contributed by atoms with Crippen LogP contribution in [0.25, 0.3) is 0 Å². The number of hydrogen-bond acceptors (Lipinski definition) is 3. The molecule has 0 amide bonds. The Balaban J connectivity index is 1.74. The van der Waals surface area contributed by atoms with Crippen molar-refractivity contribution in [3.05, 3.63) is 54.1 Å². The Morgan fingerprint density at radius 1 is 0.821 bits per heavy atom. The van der Waals surface area contributed by atoms with E-state index in [0.29, 0.717) is 6.61 Å². The molecule has 2 aromatic carbocycles. The van der Waals surface area contributed by atoms with E-state index >= 15 is 0 Å². The largest absolute Gasteiger partial charge is 0.494 e. The van der Waals surface area contributed by atoms with Crippen LogP contribution in [-0.2, 0) is 5.41 Å². The molecule has 3 heteroatoms. The molecular weight excluding hydrogens is 346 g/mol. The van der Waals surface area contributed by atoms with Crippen LogP contribution in [0.1, 0.15) is 65.4 Å². The van der Waals surface area contributed by atoms with Gasteiger partial charge in [0.25, 0.3) is 0 Å². The van der Waals surface area contributed by atoms with Crippen molar-refractivity contribution in [2.45, 2.75) is 65.2 Å². The highest BCUT2D eigenvalue weighted by molar-refractivity contribution is 5.48. The van der Waals surface area contributed by atoms with E-state index in [1.807, 2.05) is 18.2 Å². The predicted octanol–water partition coefficient (Wildman–Crippen LogP) is 6.82. The van der Waals surface area contributed by atoms with Gasteiger partial charge in [0, 0.05) is 18.3 Å². The molecule has 1 N–H and O–H groups in total. The van der Waals surface area contributed by atoms with Crippen LogP contribution < -0.4 is 14.8 Å². The first kappa shape index (κ1) is 22.1. The van der Waals surface area contributed by atoms with E-state index in [9.17, 15) is 0 Å². The van der Waals surface area contributed by atoms with Gasteiger partial charge in [-0.05, 0) is 35.6 Å². The van der Waals surface area contributed by atoms with Gasteiger partial charge in [0.2, 0.25) is 0 Å². The molecule has 0 radical (unpaired) electrons. The number of para-hydroxylation sites is 1. The fourth-order valence-electron chi connectivity index (χ4n) is 3.16. The molecule has 28 heavy (non-hydrogen) atoms. The molecule has 0 heterocycles. The average Bonchev–Trinajstić information content (AvgIpc) is 2.68. The summed E-state index contributed by atoms with van der Waals surface area (Å²) in [6.45, 7) is 11.0. The molecule has 0 atom stereocenters. The Morgan fingerprint density at radius 2 is 1.61 bits per heavy atom. The normalized spacial score (nSPS) is 11.3. The second-order valence-electron chi connectivity index (χ2n) is 8.31. The van der Waals surface area contributed by atoms with Crippen LogP contribution in [0.3, 0.4) is 0 Å². The highest BCUT2D eigenvalue weighted by atomic mass is 16.5. The molecule has 0 saturated heterocycles. The smallest absolute Gasteiger partial charge is 0.123 e. The third-order valence-corrected chi connectivity index (χ3v) is 4.73. The molecule has 0 aliphatic rings. The number of nitrogens with one attached hydrogen (secondary N) is 1. The standard InChI is InChI=1S/C25H37NO2/c1-5-6-7-8-11-18-27-22-14-12-13-21(20-22)26-17-19-28-24-16-10-9-15-23(24)25(2,3)4/h9-10,12-16,20,26H,5-8,11,17-19H2,1-4H3. The van der Waals surface area contributed by atoms with Crippen molar-refractivity contribution in [2.75, 3.05) is 25.1 Å². The molecule has 0 aliphatic carbocycles. The molecule has 0 aliphatic heterocycles. The summed E-state index contributed by atoms with van der Waals surface area (Å²) >= 11 is 0. The van der Waals surface area contributed by atoms with Crippen molar-refractivity contribution < 1.29 is 9.47 Å². The number of hydrogen-bond donors (Lipinski definition) is 1. The van der Waals surface area contributed by atoms with E-state index in [1.165, 1.54) is 31.2 Å². The maximum Gasteiger partial charge on any atom is 0.123 e. The molecular formula is C25H37NO2. The predicted molar refractivity (Wildman–Crippen MR) is 120 cm³/mol. The van der Waals surface area contributed by atoms with Crippen LogP contribution in [0.2, 0.25) is 0 Å². The minimum atomic E-state index is 0.0756. The lowest BCUT2D eigenvalue weighted by Gasteiger charge is -2.22. The van der Waals surface area contributed by atoms with Crippen molar-refractivity contribution in [1.82, 2.24) is 0 Å². The van der Waals surface area contributed by atoms with E-state index < -0.39 is 0 Å². The Labute approximate surface area is 171 Å². The number of rotatable bonds is 12. The summed E-state index contributed by atoms with van der Waals surface area (Å²) in [6.07, 6.45) is 6.28. The lowest BCUT2D eigenvalue weighted by atomic mass is 9.86. The summed E-state index contributed by atoms with van der Waals surface area (Å²) in [6, 6.07) is 16.5. The SMILES string of the molecule is CCCCCCCOc1cccc(NCCOc2ccccc2C(C)(C)C)c1. The molecule has 3 nitrogen and oxygen atoms in total. The topological polar surface area (TPSA) is 30.5 Å². The van der Waals surface area contributed by atoms with Crippen molar-refractivity contribution in [1.29, 1.82) is 0 Å². The van der Waals surface area contributed by atoms with E-state index in [0.717, 1.165) is 36.8 Å². The zero-order valence-electron chi connectivity index (χ0n) is 18.1.